The van der Waals surface area contributed by atoms with Crippen molar-refractivity contribution in [1.29, 1.82) is 0 Å². The van der Waals surface area contributed by atoms with Gasteiger partial charge in [0.15, 0.2) is 11.5 Å². The molecular formula is C12H14N4O2. The van der Waals surface area contributed by atoms with Crippen LogP contribution >= 0.6 is 0 Å². The number of aryl methyl sites for hydroxylation is 2. The Kier molecular flexibility index (Phi) is 3.10. The molecule has 2 rings (SSSR count). The summed E-state index contributed by atoms with van der Waals surface area (Å²) in [7, 11) is 0. The lowest BCUT2D eigenvalue weighted by molar-refractivity contribution is 0.0690. The summed E-state index contributed by atoms with van der Waals surface area (Å²) in [5.41, 5.74) is 1.87. The first-order chi connectivity index (χ1) is 8.52. The van der Waals surface area contributed by atoms with E-state index in [9.17, 15) is 4.79 Å². The van der Waals surface area contributed by atoms with Crippen LogP contribution in [0.5, 0.6) is 0 Å². The van der Waals surface area contributed by atoms with Crippen molar-refractivity contribution < 1.29 is 9.90 Å². The second kappa shape index (κ2) is 4.56. The van der Waals surface area contributed by atoms with Crippen molar-refractivity contribution in [2.24, 2.45) is 0 Å². The molecule has 94 valence electrons. The number of aromatic nitrogens is 4. The first-order valence-corrected chi connectivity index (χ1v) is 5.66. The summed E-state index contributed by atoms with van der Waals surface area (Å²) >= 11 is 0. The second-order valence-electron chi connectivity index (χ2n) is 3.96. The van der Waals surface area contributed by atoms with E-state index in [-0.39, 0.29) is 5.69 Å². The van der Waals surface area contributed by atoms with Gasteiger partial charge >= 0.3 is 5.97 Å². The summed E-state index contributed by atoms with van der Waals surface area (Å²) < 4.78 is 1.49. The number of carbonyl (C=O) groups is 1. The molecule has 0 saturated carbocycles. The molecule has 0 aromatic carbocycles. The number of nitrogens with zero attached hydrogens (tertiary/aromatic N) is 4. The summed E-state index contributed by atoms with van der Waals surface area (Å²) in [6, 6.07) is 1.45. The first-order valence-electron chi connectivity index (χ1n) is 5.66. The molecule has 0 amide bonds. The van der Waals surface area contributed by atoms with Gasteiger partial charge in [0.05, 0.1) is 0 Å². The minimum atomic E-state index is -1.05. The van der Waals surface area contributed by atoms with Crippen LogP contribution < -0.4 is 0 Å². The highest BCUT2D eigenvalue weighted by molar-refractivity contribution is 5.85. The summed E-state index contributed by atoms with van der Waals surface area (Å²) in [5.74, 6) is 0.247. The van der Waals surface area contributed by atoms with Gasteiger partial charge in [0, 0.05) is 17.5 Å². The number of aromatic carboxylic acids is 1. The van der Waals surface area contributed by atoms with Crippen molar-refractivity contribution in [1.82, 2.24) is 19.7 Å². The maximum absolute atomic E-state index is 10.8. The van der Waals surface area contributed by atoms with Crippen LogP contribution in [0.15, 0.2) is 12.3 Å². The molecule has 0 aliphatic heterocycles. The molecule has 0 bridgehead atoms. The smallest absolute Gasteiger partial charge is 0.356 e. The molecule has 2 heterocycles. The quantitative estimate of drug-likeness (QED) is 0.888. The maximum Gasteiger partial charge on any atom is 0.356 e. The van der Waals surface area contributed by atoms with Gasteiger partial charge in [0.25, 0.3) is 0 Å². The minimum Gasteiger partial charge on any atom is -0.476 e. The Labute approximate surface area is 104 Å². The third-order valence-corrected chi connectivity index (χ3v) is 2.68. The van der Waals surface area contributed by atoms with Gasteiger partial charge in [-0.05, 0) is 26.3 Å². The van der Waals surface area contributed by atoms with Gasteiger partial charge in [0.2, 0.25) is 0 Å². The highest BCUT2D eigenvalue weighted by Gasteiger charge is 2.13. The second-order valence-corrected chi connectivity index (χ2v) is 3.96. The third kappa shape index (κ3) is 2.09. The summed E-state index contributed by atoms with van der Waals surface area (Å²) in [4.78, 5) is 19.5. The number of carboxylic acids is 1. The van der Waals surface area contributed by atoms with Crippen molar-refractivity contribution in [2.45, 2.75) is 27.2 Å². The molecule has 6 nitrogen and oxygen atoms in total. The molecule has 0 spiro atoms. The van der Waals surface area contributed by atoms with Crippen LogP contribution in [0, 0.1) is 13.8 Å². The molecule has 0 unspecified atom stereocenters. The van der Waals surface area contributed by atoms with Crippen molar-refractivity contribution >= 4 is 5.97 Å². The lowest BCUT2D eigenvalue weighted by atomic mass is 10.1. The van der Waals surface area contributed by atoms with Gasteiger partial charge in [-0.1, -0.05) is 6.92 Å². The zero-order valence-electron chi connectivity index (χ0n) is 10.5. The van der Waals surface area contributed by atoms with E-state index >= 15 is 0 Å². The topological polar surface area (TPSA) is 80.9 Å². The van der Waals surface area contributed by atoms with Crippen LogP contribution in [0.4, 0.5) is 0 Å². The molecule has 0 aliphatic carbocycles. The molecule has 6 heteroatoms. The Hall–Kier alpha value is -2.24. The number of carboxylic acid groups (broad SMARTS) is 1. The number of hydrogen-bond acceptors (Lipinski definition) is 4. The fourth-order valence-corrected chi connectivity index (χ4v) is 1.88. The van der Waals surface area contributed by atoms with Crippen molar-refractivity contribution in [3.05, 3.63) is 35.0 Å². The monoisotopic (exact) mass is 246 g/mol. The molecule has 1 N–H and O–H groups in total. The predicted molar refractivity (Wildman–Crippen MR) is 65.0 cm³/mol. The van der Waals surface area contributed by atoms with Crippen LogP contribution in [-0.4, -0.2) is 30.8 Å². The Morgan fingerprint density at radius 2 is 2.11 bits per heavy atom. The normalized spacial score (nSPS) is 10.6. The molecule has 0 saturated heterocycles. The number of rotatable bonds is 3. The van der Waals surface area contributed by atoms with Gasteiger partial charge in [0.1, 0.15) is 5.82 Å². The van der Waals surface area contributed by atoms with E-state index in [1.807, 2.05) is 13.8 Å². The fraction of sp³-hybridized carbons (Fsp3) is 0.333. The van der Waals surface area contributed by atoms with Crippen molar-refractivity contribution in [2.75, 3.05) is 0 Å². The van der Waals surface area contributed by atoms with Crippen molar-refractivity contribution in [3.63, 3.8) is 0 Å². The fourth-order valence-electron chi connectivity index (χ4n) is 1.88. The lowest BCUT2D eigenvalue weighted by Crippen LogP contribution is -2.09. The van der Waals surface area contributed by atoms with Gasteiger partial charge in [-0.25, -0.2) is 19.4 Å². The highest BCUT2D eigenvalue weighted by atomic mass is 16.4. The van der Waals surface area contributed by atoms with E-state index in [1.54, 1.807) is 13.1 Å². The van der Waals surface area contributed by atoms with E-state index in [1.165, 1.54) is 10.7 Å². The molecule has 0 atom stereocenters. The molecule has 0 aliphatic rings. The predicted octanol–water partition coefficient (Wildman–Crippen LogP) is 1.54. The summed E-state index contributed by atoms with van der Waals surface area (Å²) in [6.45, 7) is 5.72. The lowest BCUT2D eigenvalue weighted by Gasteiger charge is -2.10. The van der Waals surface area contributed by atoms with Gasteiger partial charge < -0.3 is 5.11 Å². The van der Waals surface area contributed by atoms with E-state index < -0.39 is 5.97 Å². The minimum absolute atomic E-state index is 0.00553. The molecule has 0 radical (unpaired) electrons. The van der Waals surface area contributed by atoms with E-state index in [2.05, 4.69) is 15.1 Å². The summed E-state index contributed by atoms with van der Waals surface area (Å²) in [6.07, 6.45) is 2.37. The Bertz CT molecular complexity index is 604. The average molecular weight is 246 g/mol. The van der Waals surface area contributed by atoms with E-state index in [0.717, 1.165) is 17.7 Å². The van der Waals surface area contributed by atoms with Crippen LogP contribution in [-0.2, 0) is 6.42 Å². The zero-order valence-corrected chi connectivity index (χ0v) is 10.5. The van der Waals surface area contributed by atoms with Crippen LogP contribution in [0.1, 0.15) is 34.5 Å². The van der Waals surface area contributed by atoms with Gasteiger partial charge in [-0.2, -0.15) is 5.10 Å². The molecule has 18 heavy (non-hydrogen) atoms. The molecule has 2 aromatic heterocycles. The van der Waals surface area contributed by atoms with Crippen LogP contribution in [0.25, 0.3) is 5.82 Å². The van der Waals surface area contributed by atoms with E-state index in [0.29, 0.717) is 11.6 Å². The maximum atomic E-state index is 10.8. The van der Waals surface area contributed by atoms with Crippen LogP contribution in [0.2, 0.25) is 0 Å². The SMILES string of the molecule is CCc1c(C)nc(C)nc1-n1ccc(C(=O)O)n1. The Morgan fingerprint density at radius 3 is 2.67 bits per heavy atom. The Balaban J connectivity index is 2.58. The molecule has 0 fully saturated rings. The standard InChI is InChI=1S/C12H14N4O2/c1-4-9-7(2)13-8(3)14-11(9)16-6-5-10(15-16)12(17)18/h5-6H,4H2,1-3H3,(H,17,18). The van der Waals surface area contributed by atoms with Gasteiger partial charge in [-0.3, -0.25) is 0 Å². The van der Waals surface area contributed by atoms with E-state index in [4.69, 9.17) is 5.11 Å². The summed E-state index contributed by atoms with van der Waals surface area (Å²) in [5, 5.41) is 12.9. The number of hydrogen-bond donors (Lipinski definition) is 1. The molecule has 2 aromatic rings. The highest BCUT2D eigenvalue weighted by Crippen LogP contribution is 2.16. The van der Waals surface area contributed by atoms with Crippen LogP contribution in [0.3, 0.4) is 0 Å². The largest absolute Gasteiger partial charge is 0.476 e. The zero-order chi connectivity index (χ0) is 13.3. The first kappa shape index (κ1) is 12.2. The Morgan fingerprint density at radius 1 is 1.39 bits per heavy atom. The third-order valence-electron chi connectivity index (χ3n) is 2.68. The van der Waals surface area contributed by atoms with Crippen molar-refractivity contribution in [3.8, 4) is 5.82 Å². The van der Waals surface area contributed by atoms with Gasteiger partial charge in [-0.15, -0.1) is 0 Å². The molecular weight excluding hydrogens is 232 g/mol. The average Bonchev–Trinajstić information content (AvgIpc) is 2.77.